The van der Waals surface area contributed by atoms with Gasteiger partial charge in [0.25, 0.3) is 0 Å². The highest BCUT2D eigenvalue weighted by atomic mass is 16.5. The summed E-state index contributed by atoms with van der Waals surface area (Å²) < 4.78 is 4.87. The van der Waals surface area contributed by atoms with Gasteiger partial charge in [0.1, 0.15) is 0 Å². The van der Waals surface area contributed by atoms with Crippen LogP contribution >= 0.6 is 0 Å². The first-order chi connectivity index (χ1) is 5.77. The Morgan fingerprint density at radius 3 is 2.67 bits per heavy atom. The predicted molar refractivity (Wildman–Crippen MR) is 45.4 cm³/mol. The summed E-state index contributed by atoms with van der Waals surface area (Å²) in [6, 6.07) is 5.09. The molecule has 0 radical (unpaired) electrons. The highest BCUT2D eigenvalue weighted by Crippen LogP contribution is 2.26. The van der Waals surface area contributed by atoms with E-state index >= 15 is 0 Å². The first-order valence-corrected chi connectivity index (χ1v) is 3.74. The van der Waals surface area contributed by atoms with Crippen molar-refractivity contribution in [2.75, 3.05) is 13.7 Å². The predicted octanol–water partition coefficient (Wildman–Crippen LogP) is 0.936. The van der Waals surface area contributed by atoms with E-state index in [2.05, 4.69) is 0 Å². The Bertz CT molecular complexity index is 258. The molecule has 0 unspecified atom stereocenters. The van der Waals surface area contributed by atoms with Crippen LogP contribution in [0.1, 0.15) is 5.56 Å². The Morgan fingerprint density at radius 2 is 2.17 bits per heavy atom. The van der Waals surface area contributed by atoms with Crippen molar-refractivity contribution in [3.05, 3.63) is 23.8 Å². The highest BCUT2D eigenvalue weighted by molar-refractivity contribution is 5.41. The molecule has 0 heterocycles. The Labute approximate surface area is 71.2 Å². The summed E-state index contributed by atoms with van der Waals surface area (Å²) in [4.78, 5) is 0. The molecule has 0 spiro atoms. The fourth-order valence-corrected chi connectivity index (χ4v) is 1.02. The van der Waals surface area contributed by atoms with Crippen LogP contribution in [0.4, 0.5) is 0 Å². The first-order valence-electron chi connectivity index (χ1n) is 3.74. The normalized spacial score (nSPS) is 9.83. The lowest BCUT2D eigenvalue weighted by Gasteiger charge is -2.04. The van der Waals surface area contributed by atoms with Gasteiger partial charge >= 0.3 is 0 Å². The van der Waals surface area contributed by atoms with E-state index in [0.717, 1.165) is 5.56 Å². The second-order valence-corrected chi connectivity index (χ2v) is 2.48. The third kappa shape index (κ3) is 1.89. The van der Waals surface area contributed by atoms with Gasteiger partial charge in [0.05, 0.1) is 7.11 Å². The topological polar surface area (TPSA) is 49.7 Å². The zero-order valence-corrected chi connectivity index (χ0v) is 6.95. The zero-order valence-electron chi connectivity index (χ0n) is 6.95. The van der Waals surface area contributed by atoms with Crippen LogP contribution in [-0.2, 0) is 6.42 Å². The van der Waals surface area contributed by atoms with Crippen LogP contribution in [0.25, 0.3) is 0 Å². The van der Waals surface area contributed by atoms with Crippen LogP contribution in [0.15, 0.2) is 18.2 Å². The molecule has 1 rings (SSSR count). The number of methoxy groups -OCH3 is 1. The summed E-state index contributed by atoms with van der Waals surface area (Å²) in [5, 5.41) is 17.9. The smallest absolute Gasteiger partial charge is 0.160 e. The molecule has 0 amide bonds. The molecule has 0 saturated heterocycles. The van der Waals surface area contributed by atoms with E-state index in [1.807, 2.05) is 6.07 Å². The number of aromatic hydroxyl groups is 1. The Hall–Kier alpha value is -1.22. The maximum atomic E-state index is 9.31. The maximum absolute atomic E-state index is 9.31. The highest BCUT2D eigenvalue weighted by Gasteiger charge is 2.00. The van der Waals surface area contributed by atoms with E-state index in [4.69, 9.17) is 9.84 Å². The lowest BCUT2D eigenvalue weighted by Crippen LogP contribution is -1.91. The van der Waals surface area contributed by atoms with Crippen LogP contribution in [0.5, 0.6) is 11.5 Å². The van der Waals surface area contributed by atoms with Gasteiger partial charge in [0.2, 0.25) is 0 Å². The van der Waals surface area contributed by atoms with Gasteiger partial charge in [-0.05, 0) is 24.1 Å². The van der Waals surface area contributed by atoms with Crippen molar-refractivity contribution >= 4 is 0 Å². The molecule has 0 aliphatic rings. The summed E-state index contributed by atoms with van der Waals surface area (Å²) in [5.74, 6) is 0.570. The summed E-state index contributed by atoms with van der Waals surface area (Å²) in [7, 11) is 1.50. The molecule has 3 heteroatoms. The van der Waals surface area contributed by atoms with Crippen LogP contribution < -0.4 is 4.74 Å². The van der Waals surface area contributed by atoms with E-state index in [1.165, 1.54) is 7.11 Å². The number of phenols is 1. The quantitative estimate of drug-likeness (QED) is 0.706. The molecule has 1 aromatic carbocycles. The number of aliphatic hydroxyl groups is 1. The Balaban J connectivity index is 2.86. The van der Waals surface area contributed by atoms with Crippen LogP contribution in [0.2, 0.25) is 0 Å². The number of ether oxygens (including phenoxy) is 1. The molecule has 0 bridgehead atoms. The second kappa shape index (κ2) is 3.97. The first kappa shape index (κ1) is 8.87. The van der Waals surface area contributed by atoms with E-state index < -0.39 is 0 Å². The van der Waals surface area contributed by atoms with E-state index in [-0.39, 0.29) is 12.4 Å². The molecule has 0 aliphatic carbocycles. The molecule has 3 nitrogen and oxygen atoms in total. The number of aliphatic hydroxyl groups excluding tert-OH is 1. The molecule has 12 heavy (non-hydrogen) atoms. The minimum absolute atomic E-state index is 0.0891. The molecule has 0 aromatic heterocycles. The zero-order chi connectivity index (χ0) is 8.97. The van der Waals surface area contributed by atoms with Gasteiger partial charge in [-0.3, -0.25) is 0 Å². The van der Waals surface area contributed by atoms with Crippen molar-refractivity contribution in [3.63, 3.8) is 0 Å². The fourth-order valence-electron chi connectivity index (χ4n) is 1.02. The van der Waals surface area contributed by atoms with Gasteiger partial charge in [0, 0.05) is 6.61 Å². The molecule has 0 fully saturated rings. The van der Waals surface area contributed by atoms with Crippen molar-refractivity contribution in [2.24, 2.45) is 0 Å². The van der Waals surface area contributed by atoms with Crippen LogP contribution in [0.3, 0.4) is 0 Å². The third-order valence-corrected chi connectivity index (χ3v) is 1.64. The van der Waals surface area contributed by atoms with E-state index in [0.29, 0.717) is 12.2 Å². The van der Waals surface area contributed by atoms with Crippen LogP contribution in [-0.4, -0.2) is 23.9 Å². The van der Waals surface area contributed by atoms with Gasteiger partial charge in [-0.2, -0.15) is 0 Å². The van der Waals surface area contributed by atoms with Crippen molar-refractivity contribution in [2.45, 2.75) is 6.42 Å². The SMILES string of the molecule is COc1ccc(CCO)cc1O. The second-order valence-electron chi connectivity index (χ2n) is 2.48. The molecule has 0 saturated carbocycles. The largest absolute Gasteiger partial charge is 0.504 e. The maximum Gasteiger partial charge on any atom is 0.160 e. The van der Waals surface area contributed by atoms with Gasteiger partial charge in [-0.1, -0.05) is 6.07 Å². The van der Waals surface area contributed by atoms with Crippen molar-refractivity contribution in [1.82, 2.24) is 0 Å². The number of phenolic OH excluding ortho intramolecular Hbond substituents is 1. The molecule has 2 N–H and O–H groups in total. The standard InChI is InChI=1S/C9H12O3/c1-12-9-3-2-7(4-5-10)6-8(9)11/h2-3,6,10-11H,4-5H2,1H3. The van der Waals surface area contributed by atoms with E-state index in [9.17, 15) is 5.11 Å². The Morgan fingerprint density at radius 1 is 1.42 bits per heavy atom. The number of benzene rings is 1. The van der Waals surface area contributed by atoms with Crippen LogP contribution in [0, 0.1) is 0 Å². The number of rotatable bonds is 3. The molecule has 1 aromatic rings. The monoisotopic (exact) mass is 168 g/mol. The average molecular weight is 168 g/mol. The summed E-state index contributed by atoms with van der Waals surface area (Å²) in [5.41, 5.74) is 0.899. The summed E-state index contributed by atoms with van der Waals surface area (Å²) in [6.45, 7) is 0.0891. The molecular formula is C9H12O3. The number of hydrogen-bond acceptors (Lipinski definition) is 3. The third-order valence-electron chi connectivity index (χ3n) is 1.64. The summed E-state index contributed by atoms with van der Waals surface area (Å²) >= 11 is 0. The van der Waals surface area contributed by atoms with Crippen molar-refractivity contribution in [3.8, 4) is 11.5 Å². The minimum Gasteiger partial charge on any atom is -0.504 e. The van der Waals surface area contributed by atoms with Gasteiger partial charge < -0.3 is 14.9 Å². The lowest BCUT2D eigenvalue weighted by atomic mass is 10.1. The van der Waals surface area contributed by atoms with E-state index in [1.54, 1.807) is 12.1 Å². The lowest BCUT2D eigenvalue weighted by molar-refractivity contribution is 0.299. The van der Waals surface area contributed by atoms with Crippen molar-refractivity contribution < 1.29 is 14.9 Å². The molecule has 66 valence electrons. The molecule has 0 aliphatic heterocycles. The van der Waals surface area contributed by atoms with Gasteiger partial charge in [0.15, 0.2) is 11.5 Å². The Kier molecular flexibility index (Phi) is 2.94. The molecule has 0 atom stereocenters. The fraction of sp³-hybridized carbons (Fsp3) is 0.333. The van der Waals surface area contributed by atoms with Gasteiger partial charge in [-0.15, -0.1) is 0 Å². The van der Waals surface area contributed by atoms with Crippen molar-refractivity contribution in [1.29, 1.82) is 0 Å². The summed E-state index contributed by atoms with van der Waals surface area (Å²) in [6.07, 6.45) is 0.553. The minimum atomic E-state index is 0.0891. The molecular weight excluding hydrogens is 156 g/mol. The average Bonchev–Trinajstić information content (AvgIpc) is 2.05. The number of hydrogen-bond donors (Lipinski definition) is 2. The van der Waals surface area contributed by atoms with Gasteiger partial charge in [-0.25, -0.2) is 0 Å².